The van der Waals surface area contributed by atoms with E-state index in [1.54, 1.807) is 41.5 Å². The smallest absolute Gasteiger partial charge is 0.335 e. The minimum Gasteiger partial charge on any atom is -0.481 e. The second-order valence-electron chi connectivity index (χ2n) is 17.4. The highest BCUT2D eigenvalue weighted by Gasteiger charge is 2.36. The van der Waals surface area contributed by atoms with E-state index in [1.165, 1.54) is 18.2 Å². The molecule has 0 aromatic rings. The predicted molar refractivity (Wildman–Crippen MR) is 282 cm³/mol. The summed E-state index contributed by atoms with van der Waals surface area (Å²) in [4.78, 5) is 145. The van der Waals surface area contributed by atoms with Crippen molar-refractivity contribution in [2.24, 2.45) is 23.3 Å². The number of hydrogen-bond donors (Lipinski definition) is 6. The maximum Gasteiger partial charge on any atom is 0.335 e. The van der Waals surface area contributed by atoms with Gasteiger partial charge >= 0.3 is 35.8 Å². The van der Waals surface area contributed by atoms with Crippen molar-refractivity contribution >= 4 is 130 Å². The molecule has 4 amide bonds. The monoisotopic (exact) mass is 1190 g/mol. The van der Waals surface area contributed by atoms with E-state index in [2.05, 4.69) is 15.9 Å². The lowest BCUT2D eigenvalue weighted by atomic mass is 9.99. The molecule has 0 aromatic carbocycles. The van der Waals surface area contributed by atoms with E-state index in [1.807, 2.05) is 11.8 Å². The molecule has 4 rings (SSSR count). The summed E-state index contributed by atoms with van der Waals surface area (Å²) in [5, 5.41) is 38.5. The van der Waals surface area contributed by atoms with E-state index < -0.39 is 83.4 Å². The van der Waals surface area contributed by atoms with Crippen LogP contribution in [0, 0.1) is 11.8 Å². The molecule has 77 heavy (non-hydrogen) atoms. The number of carbonyl (C=O) groups excluding carboxylic acids is 8. The molecule has 8 unspecified atom stereocenters. The Hall–Kier alpha value is -4.05. The van der Waals surface area contributed by atoms with Gasteiger partial charge in [0.15, 0.2) is 0 Å². The Kier molecular flexibility index (Phi) is 34.6. The van der Waals surface area contributed by atoms with Gasteiger partial charge in [-0.1, -0.05) is 0 Å². The molecule has 8 N–H and O–H groups in total. The minimum absolute atomic E-state index is 0.00149. The topological polar surface area (TPSA) is 400 Å². The first-order valence-electron chi connectivity index (χ1n) is 24.3. The highest BCUT2D eigenvalue weighted by atomic mass is 32.2. The van der Waals surface area contributed by atoms with E-state index >= 15 is 0 Å². The van der Waals surface area contributed by atoms with Crippen LogP contribution in [0.1, 0.15) is 89.9 Å². The molecule has 2 aliphatic carbocycles. The van der Waals surface area contributed by atoms with Gasteiger partial charge < -0.3 is 60.5 Å². The Labute approximate surface area is 466 Å². The van der Waals surface area contributed by atoms with E-state index in [0.717, 1.165) is 19.3 Å². The van der Waals surface area contributed by atoms with E-state index in [-0.39, 0.29) is 116 Å². The zero-order valence-corrected chi connectivity index (χ0v) is 46.9. The van der Waals surface area contributed by atoms with Gasteiger partial charge in [-0.3, -0.25) is 47.9 Å². The molecule has 8 atom stereocenters. The molecule has 0 radical (unpaired) electrons. The molecule has 4 fully saturated rings. The quantitative estimate of drug-likeness (QED) is 0.0292. The number of ketones is 2. The number of aliphatic carboxylic acids is 4. The van der Waals surface area contributed by atoms with Gasteiger partial charge in [0.1, 0.15) is 37.2 Å². The number of nitrogens with two attached hydrogens (primary N) is 2. The van der Waals surface area contributed by atoms with Crippen LogP contribution in [0.4, 0.5) is 0 Å². The van der Waals surface area contributed by atoms with Crippen molar-refractivity contribution in [1.82, 2.24) is 10.1 Å². The Morgan fingerprint density at radius 2 is 0.818 bits per heavy atom. The number of carbonyl (C=O) groups is 12. The SMILES string of the molecule is CSCC(CC(=O)CCOCOCCC(=O)CC(CSC1CCC1SC)C(=O)O)C(=O)O.NC(CSC1CCC1SCC(N)C(=O)O)C(=O)O.O=C(CCOCOCCC(=O)ON1C(=O)CCC1=O)ON1C(=O)CCC1=O. The van der Waals surface area contributed by atoms with Crippen molar-refractivity contribution in [3.05, 3.63) is 0 Å². The van der Waals surface area contributed by atoms with Gasteiger partial charge in [-0.15, -0.1) is 10.1 Å². The van der Waals surface area contributed by atoms with Gasteiger partial charge in [0.25, 0.3) is 23.6 Å². The maximum absolute atomic E-state index is 12.1. The molecule has 31 heteroatoms. The molecule has 2 heterocycles. The van der Waals surface area contributed by atoms with Gasteiger partial charge in [0.05, 0.1) is 51.1 Å². The number of ether oxygens (including phenoxy) is 4. The van der Waals surface area contributed by atoms with Crippen LogP contribution in [-0.2, 0) is 86.2 Å². The van der Waals surface area contributed by atoms with Crippen molar-refractivity contribution < 1.29 is 107 Å². The first-order chi connectivity index (χ1) is 36.6. The fraction of sp³-hybridized carbons (Fsp3) is 0.739. The molecule has 26 nitrogen and oxygen atoms in total. The van der Waals surface area contributed by atoms with Crippen LogP contribution in [0.2, 0.25) is 0 Å². The van der Waals surface area contributed by atoms with Gasteiger partial charge in [0.2, 0.25) is 0 Å². The van der Waals surface area contributed by atoms with E-state index in [4.69, 9.17) is 45.7 Å². The first-order valence-corrected chi connectivity index (χ1v) is 30.2. The van der Waals surface area contributed by atoms with Crippen LogP contribution in [0.25, 0.3) is 0 Å². The predicted octanol–water partition coefficient (Wildman–Crippen LogP) is 1.85. The molecular formula is C46H70N4O22S5. The number of rotatable bonds is 38. The Morgan fingerprint density at radius 3 is 1.13 bits per heavy atom. The molecule has 0 bridgehead atoms. The van der Waals surface area contributed by atoms with Crippen LogP contribution in [0.15, 0.2) is 0 Å². The summed E-state index contributed by atoms with van der Waals surface area (Å²) in [5.74, 6) is -7.85. The second-order valence-corrected chi connectivity index (χ2v) is 23.2. The number of nitrogens with zero attached hydrogens (tertiary/aromatic N) is 2. The summed E-state index contributed by atoms with van der Waals surface area (Å²) >= 11 is 7.96. The van der Waals surface area contributed by atoms with Crippen LogP contribution >= 0.6 is 58.8 Å². The number of thioether (sulfide) groups is 5. The molecule has 436 valence electrons. The summed E-state index contributed by atoms with van der Waals surface area (Å²) in [6, 6.07) is -1.66. The molecule has 2 aliphatic heterocycles. The maximum atomic E-state index is 12.1. The number of carboxylic acids is 4. The number of carboxylic acid groups (broad SMARTS) is 4. The number of hydrogen-bond acceptors (Lipinski definition) is 25. The highest BCUT2D eigenvalue weighted by Crippen LogP contribution is 2.41. The van der Waals surface area contributed by atoms with Crippen LogP contribution in [-0.4, -0.2) is 210 Å². The minimum atomic E-state index is -0.987. The fourth-order valence-corrected chi connectivity index (χ4v) is 13.0. The Morgan fingerprint density at radius 1 is 0.494 bits per heavy atom. The van der Waals surface area contributed by atoms with Gasteiger partial charge in [-0.05, 0) is 38.2 Å². The van der Waals surface area contributed by atoms with E-state index in [9.17, 15) is 62.6 Å². The number of hydroxylamine groups is 4. The van der Waals surface area contributed by atoms with Gasteiger partial charge in [-0.25, -0.2) is 9.59 Å². The average Bonchev–Trinajstić information content (AvgIpc) is 3.85. The van der Waals surface area contributed by atoms with Crippen LogP contribution < -0.4 is 11.5 Å². The summed E-state index contributed by atoms with van der Waals surface area (Å²) in [6.07, 6.45) is 8.03. The van der Waals surface area contributed by atoms with Crippen molar-refractivity contribution in [3.63, 3.8) is 0 Å². The fourth-order valence-electron chi connectivity index (χ4n) is 6.59. The first kappa shape index (κ1) is 69.1. The third-order valence-electron chi connectivity index (χ3n) is 11.4. The van der Waals surface area contributed by atoms with Crippen molar-refractivity contribution in [1.29, 1.82) is 0 Å². The molecular weight excluding hydrogens is 1120 g/mol. The van der Waals surface area contributed by atoms with Crippen molar-refractivity contribution in [3.8, 4) is 0 Å². The third-order valence-corrected chi connectivity index (χ3v) is 18.4. The normalized spacial score (nSPS) is 20.3. The van der Waals surface area contributed by atoms with Crippen LogP contribution in [0.5, 0.6) is 0 Å². The summed E-state index contributed by atoms with van der Waals surface area (Å²) < 4.78 is 20.4. The number of imide groups is 2. The highest BCUT2D eigenvalue weighted by molar-refractivity contribution is 8.04. The Bertz CT molecular complexity index is 1890. The molecule has 4 aliphatic rings. The molecule has 2 saturated carbocycles. The summed E-state index contributed by atoms with van der Waals surface area (Å²) in [5.41, 5.74) is 10.9. The second kappa shape index (κ2) is 38.5. The van der Waals surface area contributed by atoms with E-state index in [0.29, 0.717) is 54.1 Å². The molecule has 0 spiro atoms. The standard InChI is InChI=1S/C21H34O8S3.C15H18N2O10.C10H18N2O4S2/c1-30-11-14(20(24)25)9-16(22)5-7-28-13-29-8-6-17(23)10-15(21(26)27)12-32-19-4-3-18(19)31-2;18-10-1-2-11(19)16(10)26-14(22)5-7-24-9-25-8-6-15(23)27-17-12(20)3-4-13(17)21;11-5(9(13)14)3-17-7-1-2-8(7)18-4-6(12)10(15)16/h14-15,18-19H,3-13H2,1-2H3,(H,24,25)(H,26,27);1-9H2;5-8H,1-4,11-12H2,(H,13,14)(H,15,16). The zero-order valence-electron chi connectivity index (χ0n) is 42.8. The summed E-state index contributed by atoms with van der Waals surface area (Å²) in [7, 11) is 0. The number of amides is 4. The molecule has 0 aromatic heterocycles. The zero-order chi connectivity index (χ0) is 57.5. The van der Waals surface area contributed by atoms with Crippen molar-refractivity contribution in [2.45, 2.75) is 123 Å². The van der Waals surface area contributed by atoms with Gasteiger partial charge in [-0.2, -0.15) is 58.8 Å². The summed E-state index contributed by atoms with van der Waals surface area (Å²) in [6.45, 7) is -0.243. The van der Waals surface area contributed by atoms with Crippen molar-refractivity contribution in [2.75, 3.05) is 75.5 Å². The van der Waals surface area contributed by atoms with Gasteiger partial charge in [0, 0.05) is 95.4 Å². The molecule has 2 saturated heterocycles. The average molecular weight is 1190 g/mol. The number of Topliss-reactive ketones (excluding diaryl/α,β-unsaturated/α-hetero) is 2. The largest absolute Gasteiger partial charge is 0.481 e. The lowest BCUT2D eigenvalue weighted by molar-refractivity contribution is -0.199. The lowest BCUT2D eigenvalue weighted by Crippen LogP contribution is -2.39. The lowest BCUT2D eigenvalue weighted by Gasteiger charge is -2.36. The van der Waals surface area contributed by atoms with Crippen LogP contribution in [0.3, 0.4) is 0 Å². The third kappa shape index (κ3) is 28.1. The Balaban J connectivity index is 0.000000410.